The van der Waals surface area contributed by atoms with Crippen molar-refractivity contribution in [3.8, 4) is 5.75 Å². The third kappa shape index (κ3) is 3.19. The van der Waals surface area contributed by atoms with Crippen molar-refractivity contribution in [3.05, 3.63) is 51.3 Å². The van der Waals surface area contributed by atoms with Crippen LogP contribution in [0.2, 0.25) is 0 Å². The number of nitrogens with two attached hydrogens (primary N) is 1. The molecule has 20 heavy (non-hydrogen) atoms. The minimum absolute atomic E-state index is 0.316. The molecule has 1 amide bonds. The Balaban J connectivity index is 2.21. The molecule has 104 valence electrons. The highest BCUT2D eigenvalue weighted by Crippen LogP contribution is 2.24. The minimum atomic E-state index is -0.346. The fourth-order valence-corrected chi connectivity index (χ4v) is 2.27. The molecule has 4 nitrogen and oxygen atoms in total. The molecule has 0 aromatic heterocycles. The molecule has 0 saturated carbocycles. The van der Waals surface area contributed by atoms with Gasteiger partial charge in [0, 0.05) is 9.13 Å². The molecule has 2 rings (SSSR count). The van der Waals surface area contributed by atoms with Gasteiger partial charge in [0.25, 0.3) is 5.91 Å². The molecule has 0 fully saturated rings. The molecule has 0 aliphatic carbocycles. The second kappa shape index (κ2) is 6.08. The molecule has 0 unspecified atom stereocenters. The van der Waals surface area contributed by atoms with Crippen molar-refractivity contribution in [1.82, 2.24) is 0 Å². The van der Waals surface area contributed by atoms with Gasteiger partial charge in [-0.05, 0) is 59.0 Å². The van der Waals surface area contributed by atoms with Crippen LogP contribution in [0.1, 0.15) is 10.4 Å². The van der Waals surface area contributed by atoms with E-state index in [1.54, 1.807) is 12.1 Å². The third-order valence-electron chi connectivity index (χ3n) is 2.67. The number of hydrogen-bond acceptors (Lipinski definition) is 3. The van der Waals surface area contributed by atoms with Crippen LogP contribution in [0.5, 0.6) is 5.75 Å². The van der Waals surface area contributed by atoms with E-state index in [-0.39, 0.29) is 11.7 Å². The van der Waals surface area contributed by atoms with Crippen LogP contribution in [-0.4, -0.2) is 13.0 Å². The summed E-state index contributed by atoms with van der Waals surface area (Å²) in [5.41, 5.74) is 7.09. The first kappa shape index (κ1) is 14.6. The molecule has 0 spiro atoms. The summed E-state index contributed by atoms with van der Waals surface area (Å²) < 4.78 is 18.6. The summed E-state index contributed by atoms with van der Waals surface area (Å²) in [6, 6.07) is 8.92. The highest BCUT2D eigenvalue weighted by Gasteiger charge is 2.10. The van der Waals surface area contributed by atoms with Crippen molar-refractivity contribution in [2.75, 3.05) is 18.2 Å². The van der Waals surface area contributed by atoms with Crippen LogP contribution in [0, 0.1) is 9.39 Å². The number of amides is 1. The van der Waals surface area contributed by atoms with Crippen LogP contribution in [0.4, 0.5) is 15.8 Å². The zero-order valence-electron chi connectivity index (χ0n) is 10.6. The average Bonchev–Trinajstić information content (AvgIpc) is 2.41. The number of ether oxygens (including phenoxy) is 1. The van der Waals surface area contributed by atoms with Crippen LogP contribution >= 0.6 is 22.6 Å². The van der Waals surface area contributed by atoms with Crippen molar-refractivity contribution in [2.24, 2.45) is 0 Å². The molecule has 0 saturated heterocycles. The molecular formula is C14H12FIN2O2. The molecule has 2 aromatic carbocycles. The van der Waals surface area contributed by atoms with Gasteiger partial charge in [-0.1, -0.05) is 0 Å². The number of anilines is 2. The molecule has 0 radical (unpaired) electrons. The van der Waals surface area contributed by atoms with Crippen LogP contribution in [-0.2, 0) is 0 Å². The van der Waals surface area contributed by atoms with Crippen molar-refractivity contribution < 1.29 is 13.9 Å². The first-order chi connectivity index (χ1) is 9.51. The quantitative estimate of drug-likeness (QED) is 0.629. The number of benzene rings is 2. The van der Waals surface area contributed by atoms with Crippen molar-refractivity contribution >= 4 is 39.9 Å². The van der Waals surface area contributed by atoms with E-state index in [4.69, 9.17) is 10.5 Å². The van der Waals surface area contributed by atoms with Gasteiger partial charge in [0.05, 0.1) is 18.5 Å². The predicted molar refractivity (Wildman–Crippen MR) is 84.5 cm³/mol. The number of carbonyl (C=O) groups excluding carboxylic acids is 1. The summed E-state index contributed by atoms with van der Waals surface area (Å²) >= 11 is 1.96. The van der Waals surface area contributed by atoms with Crippen molar-refractivity contribution in [1.29, 1.82) is 0 Å². The first-order valence-electron chi connectivity index (χ1n) is 5.71. The van der Waals surface area contributed by atoms with Gasteiger partial charge in [0.2, 0.25) is 0 Å². The van der Waals surface area contributed by atoms with Crippen molar-refractivity contribution in [3.63, 3.8) is 0 Å². The zero-order valence-corrected chi connectivity index (χ0v) is 12.8. The lowest BCUT2D eigenvalue weighted by molar-refractivity contribution is 0.102. The first-order valence-corrected chi connectivity index (χ1v) is 6.79. The van der Waals surface area contributed by atoms with Crippen LogP contribution < -0.4 is 15.8 Å². The number of hydrogen-bond donors (Lipinski definition) is 2. The van der Waals surface area contributed by atoms with Gasteiger partial charge in [-0.2, -0.15) is 0 Å². The molecule has 6 heteroatoms. The molecule has 0 heterocycles. The SMILES string of the molecule is COc1ccc(C(=O)Nc2ccc(F)cc2I)cc1N. The lowest BCUT2D eigenvalue weighted by Crippen LogP contribution is -2.13. The van der Waals surface area contributed by atoms with Crippen LogP contribution in [0.3, 0.4) is 0 Å². The van der Waals surface area contributed by atoms with Gasteiger partial charge in [0.15, 0.2) is 0 Å². The Hall–Kier alpha value is -1.83. The number of methoxy groups -OCH3 is 1. The maximum atomic E-state index is 13.0. The average molecular weight is 386 g/mol. The van der Waals surface area contributed by atoms with E-state index in [1.807, 2.05) is 22.6 Å². The number of nitrogens with one attached hydrogen (secondary N) is 1. The van der Waals surface area contributed by atoms with E-state index in [2.05, 4.69) is 5.32 Å². The van der Waals surface area contributed by atoms with Gasteiger partial charge < -0.3 is 15.8 Å². The van der Waals surface area contributed by atoms with Crippen LogP contribution in [0.15, 0.2) is 36.4 Å². The van der Waals surface area contributed by atoms with E-state index in [0.717, 1.165) is 0 Å². The van der Waals surface area contributed by atoms with E-state index in [1.165, 1.54) is 31.4 Å². The zero-order chi connectivity index (χ0) is 14.7. The Labute approximate surface area is 129 Å². The summed E-state index contributed by atoms with van der Waals surface area (Å²) in [5.74, 6) is -0.150. The Kier molecular flexibility index (Phi) is 4.43. The highest BCUT2D eigenvalue weighted by molar-refractivity contribution is 14.1. The van der Waals surface area contributed by atoms with Crippen LogP contribution in [0.25, 0.3) is 0 Å². The Morgan fingerprint density at radius 2 is 2.05 bits per heavy atom. The fourth-order valence-electron chi connectivity index (χ4n) is 1.66. The summed E-state index contributed by atoms with van der Waals surface area (Å²) in [6.07, 6.45) is 0. The molecule has 0 aliphatic heterocycles. The molecular weight excluding hydrogens is 374 g/mol. The second-order valence-electron chi connectivity index (χ2n) is 4.04. The summed E-state index contributed by atoms with van der Waals surface area (Å²) in [6.45, 7) is 0. The monoisotopic (exact) mass is 386 g/mol. The van der Waals surface area contributed by atoms with Gasteiger partial charge in [-0.3, -0.25) is 4.79 Å². The normalized spacial score (nSPS) is 10.2. The van der Waals surface area contributed by atoms with Gasteiger partial charge in [-0.15, -0.1) is 0 Å². The smallest absolute Gasteiger partial charge is 0.255 e. The predicted octanol–water partition coefficient (Wildman–Crippen LogP) is 3.27. The fraction of sp³-hybridized carbons (Fsp3) is 0.0714. The summed E-state index contributed by atoms with van der Waals surface area (Å²) in [7, 11) is 1.51. The second-order valence-corrected chi connectivity index (χ2v) is 5.20. The lowest BCUT2D eigenvalue weighted by atomic mass is 10.1. The molecule has 0 bridgehead atoms. The highest BCUT2D eigenvalue weighted by atomic mass is 127. The Morgan fingerprint density at radius 1 is 1.30 bits per heavy atom. The number of rotatable bonds is 3. The van der Waals surface area contributed by atoms with E-state index < -0.39 is 0 Å². The van der Waals surface area contributed by atoms with E-state index in [0.29, 0.717) is 26.3 Å². The Bertz CT molecular complexity index is 662. The van der Waals surface area contributed by atoms with E-state index in [9.17, 15) is 9.18 Å². The lowest BCUT2D eigenvalue weighted by Gasteiger charge is -2.09. The molecule has 0 atom stereocenters. The van der Waals surface area contributed by atoms with E-state index >= 15 is 0 Å². The number of carbonyl (C=O) groups is 1. The molecule has 0 aliphatic rings. The summed E-state index contributed by atoms with van der Waals surface area (Å²) in [5, 5.41) is 2.71. The topological polar surface area (TPSA) is 64.3 Å². The Morgan fingerprint density at radius 3 is 2.65 bits per heavy atom. The largest absolute Gasteiger partial charge is 0.495 e. The van der Waals surface area contributed by atoms with Gasteiger partial charge in [0.1, 0.15) is 11.6 Å². The maximum Gasteiger partial charge on any atom is 0.255 e. The molecule has 3 N–H and O–H groups in total. The standard InChI is InChI=1S/C14H12FIN2O2/c1-20-13-5-2-8(6-11(13)17)14(19)18-12-4-3-9(15)7-10(12)16/h2-7H,17H2,1H3,(H,18,19). The van der Waals surface area contributed by atoms with Gasteiger partial charge in [-0.25, -0.2) is 4.39 Å². The number of halogens is 2. The van der Waals surface area contributed by atoms with Gasteiger partial charge >= 0.3 is 0 Å². The van der Waals surface area contributed by atoms with Crippen molar-refractivity contribution in [2.45, 2.75) is 0 Å². The molecule has 2 aromatic rings. The minimum Gasteiger partial charge on any atom is -0.495 e. The maximum absolute atomic E-state index is 13.0. The number of nitrogen functional groups attached to an aromatic ring is 1. The summed E-state index contributed by atoms with van der Waals surface area (Å²) in [4.78, 5) is 12.1. The third-order valence-corrected chi connectivity index (χ3v) is 3.56.